The second-order valence-electron chi connectivity index (χ2n) is 10.8. The van der Waals surface area contributed by atoms with Crippen LogP contribution in [0.1, 0.15) is 123 Å². The predicted molar refractivity (Wildman–Crippen MR) is 144 cm³/mol. The molecule has 0 radical (unpaired) electrons. The summed E-state index contributed by atoms with van der Waals surface area (Å²) in [6.45, 7) is 11.3. The maximum atomic E-state index is 13.0. The third kappa shape index (κ3) is 13.3. The molecule has 1 aromatic rings. The Morgan fingerprint density at radius 2 is 1.40 bits per heavy atom. The Hall–Kier alpha value is -2.37. The second-order valence-corrected chi connectivity index (χ2v) is 10.8. The SMILES string of the molecule is CCCCCCCCCCCCC(=O)c1ccccc1NC(=O)[C@H](NC(=O)OC(C)(C)C)C(C)C. The first-order chi connectivity index (χ1) is 16.5. The summed E-state index contributed by atoms with van der Waals surface area (Å²) < 4.78 is 5.30. The molecule has 6 nitrogen and oxygen atoms in total. The Labute approximate surface area is 213 Å². The monoisotopic (exact) mass is 488 g/mol. The van der Waals surface area contributed by atoms with Crippen LogP contribution in [0.3, 0.4) is 0 Å². The van der Waals surface area contributed by atoms with E-state index in [0.29, 0.717) is 17.7 Å². The number of rotatable bonds is 16. The van der Waals surface area contributed by atoms with Gasteiger partial charge in [0.2, 0.25) is 5.91 Å². The van der Waals surface area contributed by atoms with E-state index in [1.807, 2.05) is 13.8 Å². The van der Waals surface area contributed by atoms with Crippen molar-refractivity contribution in [2.45, 2.75) is 124 Å². The number of para-hydroxylation sites is 1. The number of hydrogen-bond donors (Lipinski definition) is 2. The van der Waals surface area contributed by atoms with Gasteiger partial charge in [-0.15, -0.1) is 0 Å². The van der Waals surface area contributed by atoms with Crippen molar-refractivity contribution < 1.29 is 19.1 Å². The van der Waals surface area contributed by atoms with E-state index in [9.17, 15) is 14.4 Å². The van der Waals surface area contributed by atoms with E-state index in [0.717, 1.165) is 19.3 Å². The van der Waals surface area contributed by atoms with E-state index in [4.69, 9.17) is 4.74 Å². The molecule has 2 N–H and O–H groups in total. The van der Waals surface area contributed by atoms with E-state index in [-0.39, 0.29) is 17.6 Å². The highest BCUT2D eigenvalue weighted by Gasteiger charge is 2.27. The van der Waals surface area contributed by atoms with Crippen LogP contribution in [-0.2, 0) is 9.53 Å². The molecule has 198 valence electrons. The first-order valence-corrected chi connectivity index (χ1v) is 13.5. The highest BCUT2D eigenvalue weighted by atomic mass is 16.6. The molecule has 0 saturated carbocycles. The maximum Gasteiger partial charge on any atom is 0.408 e. The third-order valence-corrected chi connectivity index (χ3v) is 5.86. The van der Waals surface area contributed by atoms with Gasteiger partial charge in [-0.05, 0) is 45.2 Å². The Kier molecular flexibility index (Phi) is 14.3. The number of ether oxygens (including phenoxy) is 1. The quantitative estimate of drug-likeness (QED) is 0.185. The van der Waals surface area contributed by atoms with Gasteiger partial charge in [-0.1, -0.05) is 90.7 Å². The number of ketones is 1. The lowest BCUT2D eigenvalue weighted by molar-refractivity contribution is -0.119. The Bertz CT molecular complexity index is 783. The van der Waals surface area contributed by atoms with Crippen molar-refractivity contribution >= 4 is 23.5 Å². The van der Waals surface area contributed by atoms with E-state index in [1.54, 1.807) is 45.0 Å². The molecule has 0 aliphatic carbocycles. The van der Waals surface area contributed by atoms with Crippen molar-refractivity contribution in [1.82, 2.24) is 5.32 Å². The Morgan fingerprint density at radius 3 is 1.94 bits per heavy atom. The van der Waals surface area contributed by atoms with Crippen molar-refractivity contribution in [1.29, 1.82) is 0 Å². The van der Waals surface area contributed by atoms with Crippen LogP contribution in [0.15, 0.2) is 24.3 Å². The molecule has 0 bridgehead atoms. The zero-order valence-corrected chi connectivity index (χ0v) is 22.9. The summed E-state index contributed by atoms with van der Waals surface area (Å²) in [5.74, 6) is -0.497. The van der Waals surface area contributed by atoms with E-state index >= 15 is 0 Å². The third-order valence-electron chi connectivity index (χ3n) is 5.86. The summed E-state index contributed by atoms with van der Waals surface area (Å²) in [6.07, 6.45) is 12.0. The van der Waals surface area contributed by atoms with Gasteiger partial charge in [0.05, 0.1) is 5.69 Å². The number of unbranched alkanes of at least 4 members (excludes halogenated alkanes) is 9. The first-order valence-electron chi connectivity index (χ1n) is 13.5. The average molecular weight is 489 g/mol. The van der Waals surface area contributed by atoms with Crippen LogP contribution in [-0.4, -0.2) is 29.4 Å². The molecule has 0 aliphatic heterocycles. The summed E-state index contributed by atoms with van der Waals surface area (Å²) in [7, 11) is 0. The van der Waals surface area contributed by atoms with E-state index in [2.05, 4.69) is 17.6 Å². The molecule has 0 aliphatic rings. The number of benzene rings is 1. The van der Waals surface area contributed by atoms with Gasteiger partial charge in [0.15, 0.2) is 5.78 Å². The van der Waals surface area contributed by atoms with Gasteiger partial charge in [0, 0.05) is 12.0 Å². The normalized spacial score (nSPS) is 12.3. The molecule has 35 heavy (non-hydrogen) atoms. The van der Waals surface area contributed by atoms with Gasteiger partial charge < -0.3 is 15.4 Å². The van der Waals surface area contributed by atoms with Crippen LogP contribution >= 0.6 is 0 Å². The van der Waals surface area contributed by atoms with Crippen LogP contribution in [0.2, 0.25) is 0 Å². The molecule has 0 unspecified atom stereocenters. The fourth-order valence-electron chi connectivity index (χ4n) is 3.92. The fourth-order valence-corrected chi connectivity index (χ4v) is 3.92. The molecule has 0 heterocycles. The molecule has 0 saturated heterocycles. The van der Waals surface area contributed by atoms with Gasteiger partial charge >= 0.3 is 6.09 Å². The average Bonchev–Trinajstić information content (AvgIpc) is 2.77. The van der Waals surface area contributed by atoms with Crippen molar-refractivity contribution in [3.8, 4) is 0 Å². The minimum absolute atomic E-state index is 0.0293. The minimum Gasteiger partial charge on any atom is -0.444 e. The highest BCUT2D eigenvalue weighted by molar-refractivity contribution is 6.06. The largest absolute Gasteiger partial charge is 0.444 e. The summed E-state index contributed by atoms with van der Waals surface area (Å²) >= 11 is 0. The molecule has 6 heteroatoms. The smallest absolute Gasteiger partial charge is 0.408 e. The lowest BCUT2D eigenvalue weighted by Crippen LogP contribution is -2.48. The van der Waals surface area contributed by atoms with E-state index in [1.165, 1.54) is 44.9 Å². The fraction of sp³-hybridized carbons (Fsp3) is 0.690. The number of carbonyl (C=O) groups excluding carboxylic acids is 3. The van der Waals surface area contributed by atoms with Crippen LogP contribution in [0.25, 0.3) is 0 Å². The van der Waals surface area contributed by atoms with Gasteiger partial charge in [-0.25, -0.2) is 4.79 Å². The van der Waals surface area contributed by atoms with E-state index < -0.39 is 17.7 Å². The summed E-state index contributed by atoms with van der Waals surface area (Å²) in [6, 6.07) is 6.29. The number of hydrogen-bond acceptors (Lipinski definition) is 4. The predicted octanol–water partition coefficient (Wildman–Crippen LogP) is 7.67. The standard InChI is InChI=1S/C29H48N2O4/c1-7-8-9-10-11-12-13-14-15-16-21-25(32)23-19-17-18-20-24(23)30-27(33)26(22(2)3)31-28(34)35-29(4,5)6/h17-20,22,26H,7-16,21H2,1-6H3,(H,30,33)(H,31,34)/t26-/m1/s1. The van der Waals surface area contributed by atoms with Crippen LogP contribution in [0.4, 0.5) is 10.5 Å². The second kappa shape index (κ2) is 16.3. The van der Waals surface area contributed by atoms with Crippen molar-refractivity contribution in [2.75, 3.05) is 5.32 Å². The summed E-state index contributed by atoms with van der Waals surface area (Å²) in [5.41, 5.74) is 0.332. The molecule has 1 atom stereocenters. The Morgan fingerprint density at radius 1 is 0.857 bits per heavy atom. The van der Waals surface area contributed by atoms with Crippen LogP contribution in [0.5, 0.6) is 0 Å². The molecule has 2 amide bonds. The summed E-state index contributed by atoms with van der Waals surface area (Å²) in [5, 5.41) is 5.51. The summed E-state index contributed by atoms with van der Waals surface area (Å²) in [4.78, 5) is 38.1. The molecule has 1 aromatic carbocycles. The lowest BCUT2D eigenvalue weighted by atomic mass is 10.0. The molecule has 0 fully saturated rings. The van der Waals surface area contributed by atoms with Crippen molar-refractivity contribution in [2.24, 2.45) is 5.92 Å². The molecule has 0 aromatic heterocycles. The molecular weight excluding hydrogens is 440 g/mol. The first kappa shape index (κ1) is 30.7. The number of nitrogens with one attached hydrogen (secondary N) is 2. The maximum absolute atomic E-state index is 13.0. The Balaban J connectivity index is 2.57. The van der Waals surface area contributed by atoms with Gasteiger partial charge in [0.1, 0.15) is 11.6 Å². The van der Waals surface area contributed by atoms with Gasteiger partial charge in [-0.3, -0.25) is 9.59 Å². The van der Waals surface area contributed by atoms with Crippen LogP contribution in [0, 0.1) is 5.92 Å². The molecule has 1 rings (SSSR count). The number of Topliss-reactive ketones (excluding diaryl/α,β-unsaturated/α-hetero) is 1. The number of alkyl carbamates (subject to hydrolysis) is 1. The van der Waals surface area contributed by atoms with Crippen molar-refractivity contribution in [3.05, 3.63) is 29.8 Å². The van der Waals surface area contributed by atoms with Crippen LogP contribution < -0.4 is 10.6 Å². The molecule has 0 spiro atoms. The van der Waals surface area contributed by atoms with Gasteiger partial charge in [0.25, 0.3) is 0 Å². The molecular formula is C29H48N2O4. The van der Waals surface area contributed by atoms with Crippen molar-refractivity contribution in [3.63, 3.8) is 0 Å². The number of amides is 2. The topological polar surface area (TPSA) is 84.5 Å². The lowest BCUT2D eigenvalue weighted by Gasteiger charge is -2.25. The minimum atomic E-state index is -0.782. The number of carbonyl (C=O) groups is 3. The number of anilines is 1. The zero-order chi connectivity index (χ0) is 26.3. The van der Waals surface area contributed by atoms with Gasteiger partial charge in [-0.2, -0.15) is 0 Å². The highest BCUT2D eigenvalue weighted by Crippen LogP contribution is 2.20. The zero-order valence-electron chi connectivity index (χ0n) is 22.9.